The van der Waals surface area contributed by atoms with Crippen LogP contribution in [0.4, 0.5) is 5.69 Å². The lowest BCUT2D eigenvalue weighted by Gasteiger charge is -2.13. The molecule has 2 amide bonds. The summed E-state index contributed by atoms with van der Waals surface area (Å²) in [6, 6.07) is 8.83. The van der Waals surface area contributed by atoms with E-state index in [9.17, 15) is 19.7 Å². The third-order valence-corrected chi connectivity index (χ3v) is 4.43. The zero-order chi connectivity index (χ0) is 21.1. The number of nitrogens with zero attached hydrogens (tertiary/aromatic N) is 2. The molecule has 2 atom stereocenters. The van der Waals surface area contributed by atoms with Gasteiger partial charge in [0.15, 0.2) is 5.03 Å². The number of nitrogens with two attached hydrogens (primary N) is 1. The molecule has 0 saturated carbocycles. The van der Waals surface area contributed by atoms with Gasteiger partial charge < -0.3 is 27.0 Å². The van der Waals surface area contributed by atoms with E-state index >= 15 is 0 Å². The molecule has 1 fully saturated rings. The quantitative estimate of drug-likeness (QED) is 0.121. The van der Waals surface area contributed by atoms with Crippen LogP contribution in [0.2, 0.25) is 0 Å². The van der Waals surface area contributed by atoms with Crippen LogP contribution in [0.1, 0.15) is 32.1 Å². The van der Waals surface area contributed by atoms with E-state index in [4.69, 9.17) is 5.73 Å². The summed E-state index contributed by atoms with van der Waals surface area (Å²) in [6.45, 7) is 1.01. The van der Waals surface area contributed by atoms with Gasteiger partial charge in [0.1, 0.15) is 5.10 Å². The lowest BCUT2D eigenvalue weighted by atomic mass is 10.1. The van der Waals surface area contributed by atoms with Crippen molar-refractivity contribution in [1.82, 2.24) is 16.0 Å². The molecule has 0 bridgehead atoms. The number of unbranched alkanes of at least 4 members (excludes halogenated alkanes) is 2. The Hall–Kier alpha value is -3.21. The first-order valence-corrected chi connectivity index (χ1v) is 9.55. The number of anilines is 1. The van der Waals surface area contributed by atoms with Crippen LogP contribution >= 0.6 is 0 Å². The number of nitro groups is 1. The zero-order valence-corrected chi connectivity index (χ0v) is 16.1. The number of carbonyl (C=O) groups excluding carboxylic acids is 2. The van der Waals surface area contributed by atoms with Crippen LogP contribution in [0.25, 0.3) is 0 Å². The second-order valence-electron chi connectivity index (χ2n) is 6.78. The van der Waals surface area contributed by atoms with Crippen molar-refractivity contribution >= 4 is 23.5 Å². The van der Waals surface area contributed by atoms with Gasteiger partial charge in [0.25, 0.3) is 5.96 Å². The van der Waals surface area contributed by atoms with Crippen molar-refractivity contribution in [3.8, 4) is 0 Å². The summed E-state index contributed by atoms with van der Waals surface area (Å²) in [5.74, 6) is -0.393. The van der Waals surface area contributed by atoms with Gasteiger partial charge in [0.05, 0.1) is 6.04 Å². The highest BCUT2D eigenvalue weighted by atomic mass is 16.7. The summed E-state index contributed by atoms with van der Waals surface area (Å²) in [4.78, 5) is 34.5. The fourth-order valence-corrected chi connectivity index (χ4v) is 3.02. The number of rotatable bonds is 10. The van der Waals surface area contributed by atoms with E-state index in [1.54, 1.807) is 0 Å². The number of nitrogens with one attached hydrogen (secondary N) is 4. The Bertz CT molecular complexity index is 726. The van der Waals surface area contributed by atoms with Gasteiger partial charge >= 0.3 is 0 Å². The van der Waals surface area contributed by atoms with Gasteiger partial charge in [0.2, 0.25) is 11.8 Å². The molecule has 0 aromatic heterocycles. The Balaban J connectivity index is 1.57. The minimum atomic E-state index is -0.861. The van der Waals surface area contributed by atoms with Crippen LogP contribution < -0.4 is 27.0 Å². The average Bonchev–Trinajstić information content (AvgIpc) is 3.13. The van der Waals surface area contributed by atoms with Gasteiger partial charge in [0, 0.05) is 31.2 Å². The number of para-hydroxylation sites is 1. The van der Waals surface area contributed by atoms with E-state index in [2.05, 4.69) is 26.4 Å². The highest BCUT2D eigenvalue weighted by molar-refractivity contribution is 5.95. The van der Waals surface area contributed by atoms with Crippen LogP contribution in [-0.2, 0) is 9.59 Å². The molecule has 158 valence electrons. The molecule has 1 aliphatic heterocycles. The molecule has 1 heterocycles. The lowest BCUT2D eigenvalue weighted by Crippen LogP contribution is -2.36. The van der Waals surface area contributed by atoms with Gasteiger partial charge in [-0.15, -0.1) is 0 Å². The second-order valence-corrected chi connectivity index (χ2v) is 6.78. The number of hydrogen-bond acceptors (Lipinski definition) is 5. The van der Waals surface area contributed by atoms with E-state index in [1.165, 1.54) is 0 Å². The van der Waals surface area contributed by atoms with Gasteiger partial charge in [-0.05, 0) is 31.4 Å². The molecular formula is C18H27N7O4. The Labute approximate surface area is 168 Å². The molecule has 1 aliphatic rings. The van der Waals surface area contributed by atoms with E-state index in [1.807, 2.05) is 30.3 Å². The second kappa shape index (κ2) is 11.6. The monoisotopic (exact) mass is 405 g/mol. The Morgan fingerprint density at radius 3 is 2.72 bits per heavy atom. The summed E-state index contributed by atoms with van der Waals surface area (Å²) in [5.41, 5.74) is 6.05. The summed E-state index contributed by atoms with van der Waals surface area (Å²) in [7, 11) is 0. The third-order valence-electron chi connectivity index (χ3n) is 4.43. The van der Waals surface area contributed by atoms with Gasteiger partial charge in [-0.3, -0.25) is 9.59 Å². The highest BCUT2D eigenvalue weighted by Gasteiger charge is 2.30. The highest BCUT2D eigenvalue weighted by Crippen LogP contribution is 2.12. The van der Waals surface area contributed by atoms with E-state index in [0.29, 0.717) is 38.8 Å². The molecule has 11 heteroatoms. The molecule has 0 radical (unpaired) electrons. The first-order chi connectivity index (χ1) is 13.9. The maximum absolute atomic E-state index is 12.3. The van der Waals surface area contributed by atoms with Crippen LogP contribution in [0.5, 0.6) is 0 Å². The Kier molecular flexibility index (Phi) is 8.83. The van der Waals surface area contributed by atoms with Crippen LogP contribution in [-0.4, -0.2) is 48.0 Å². The summed E-state index contributed by atoms with van der Waals surface area (Å²) < 4.78 is 0. The summed E-state index contributed by atoms with van der Waals surface area (Å²) >= 11 is 0. The topological polar surface area (TPSA) is 164 Å². The first-order valence-electron chi connectivity index (χ1n) is 9.55. The van der Waals surface area contributed by atoms with Crippen LogP contribution in [0.3, 0.4) is 0 Å². The van der Waals surface area contributed by atoms with E-state index in [-0.39, 0.29) is 29.9 Å². The number of hydrogen-bond donors (Lipinski definition) is 5. The third kappa shape index (κ3) is 8.56. The van der Waals surface area contributed by atoms with Crippen LogP contribution in [0, 0.1) is 10.1 Å². The molecule has 1 aromatic rings. The van der Waals surface area contributed by atoms with Crippen molar-refractivity contribution < 1.29 is 14.6 Å². The number of guanidine groups is 1. The molecule has 1 aromatic carbocycles. The van der Waals surface area contributed by atoms with E-state index in [0.717, 1.165) is 12.1 Å². The molecule has 11 nitrogen and oxygen atoms in total. The average molecular weight is 405 g/mol. The molecule has 2 rings (SSSR count). The van der Waals surface area contributed by atoms with Crippen molar-refractivity contribution in [2.24, 2.45) is 10.8 Å². The maximum Gasteiger partial charge on any atom is 0.266 e. The fraction of sp³-hybridized carbons (Fsp3) is 0.500. The van der Waals surface area contributed by atoms with Crippen LogP contribution in [0.15, 0.2) is 35.4 Å². The van der Waals surface area contributed by atoms with Crippen molar-refractivity contribution in [3.63, 3.8) is 0 Å². The number of benzene rings is 1. The first kappa shape index (κ1) is 22.1. The van der Waals surface area contributed by atoms with Crippen molar-refractivity contribution in [1.29, 1.82) is 0 Å². The molecule has 2 unspecified atom stereocenters. The predicted molar refractivity (Wildman–Crippen MR) is 108 cm³/mol. The number of amides is 2. The smallest absolute Gasteiger partial charge is 0.266 e. The lowest BCUT2D eigenvalue weighted by molar-refractivity contribution is -0.485. The summed E-state index contributed by atoms with van der Waals surface area (Å²) in [5, 5.41) is 23.8. The summed E-state index contributed by atoms with van der Waals surface area (Å²) in [6.07, 6.45) is 3.11. The minimum absolute atomic E-state index is 0.0525. The fourth-order valence-electron chi connectivity index (χ4n) is 3.02. The van der Waals surface area contributed by atoms with E-state index < -0.39 is 5.03 Å². The predicted octanol–water partition coefficient (Wildman–Crippen LogP) is 0.128. The van der Waals surface area contributed by atoms with Gasteiger partial charge in [-0.1, -0.05) is 24.6 Å². The zero-order valence-electron chi connectivity index (χ0n) is 16.1. The number of hydrazone groups is 1. The Morgan fingerprint density at radius 1 is 1.24 bits per heavy atom. The molecular weight excluding hydrogens is 378 g/mol. The van der Waals surface area contributed by atoms with Crippen molar-refractivity contribution in [3.05, 3.63) is 40.4 Å². The standard InChI is InChI=1S/C18H27N7O4/c19-18(24-25(28)29)20-10-6-2-5-9-16(26)22-14-11-15(21-12-14)17(27)23-13-7-3-1-4-8-13/h1,3-4,7-8,14-15,21H,2,5-6,9-12H2,(H,22,26)(H,23,27)(H3,19,20,24). The molecule has 0 aliphatic carbocycles. The molecule has 1 saturated heterocycles. The van der Waals surface area contributed by atoms with Gasteiger partial charge in [-0.2, -0.15) is 0 Å². The van der Waals surface area contributed by atoms with Crippen molar-refractivity contribution in [2.75, 3.05) is 18.4 Å². The maximum atomic E-state index is 12.3. The molecule has 0 spiro atoms. The van der Waals surface area contributed by atoms with Crippen molar-refractivity contribution in [2.45, 2.75) is 44.2 Å². The molecule has 6 N–H and O–H groups in total. The minimum Gasteiger partial charge on any atom is -0.365 e. The normalized spacial score (nSPS) is 18.8. The molecule has 29 heavy (non-hydrogen) atoms. The SMILES string of the molecule is N/C(=N\[N+](=O)[O-])NCCCCCC(=O)NC1CNC(C(=O)Nc2ccccc2)C1. The number of carbonyl (C=O) groups is 2. The largest absolute Gasteiger partial charge is 0.365 e. The Morgan fingerprint density at radius 2 is 2.00 bits per heavy atom. The van der Waals surface area contributed by atoms with Gasteiger partial charge in [-0.25, -0.2) is 10.1 Å².